The second-order valence-electron chi connectivity index (χ2n) is 6.69. The van der Waals surface area contributed by atoms with Crippen LogP contribution >= 0.6 is 0 Å². The van der Waals surface area contributed by atoms with Gasteiger partial charge in [-0.2, -0.15) is 0 Å². The van der Waals surface area contributed by atoms with E-state index in [1.807, 2.05) is 0 Å². The van der Waals surface area contributed by atoms with Gasteiger partial charge in [-0.25, -0.2) is 0 Å². The zero-order valence-corrected chi connectivity index (χ0v) is 11.5. The molecule has 0 radical (unpaired) electrons. The van der Waals surface area contributed by atoms with Crippen LogP contribution < -0.4 is 0 Å². The van der Waals surface area contributed by atoms with Gasteiger partial charge in [0.1, 0.15) is 11.6 Å². The van der Waals surface area contributed by atoms with Crippen LogP contribution in [-0.4, -0.2) is 11.6 Å². The molecular weight excluding hydrogens is 212 g/mol. The van der Waals surface area contributed by atoms with Gasteiger partial charge in [0.15, 0.2) is 0 Å². The second kappa shape index (κ2) is 4.22. The lowest BCUT2D eigenvalue weighted by atomic mass is 9.52. The Balaban J connectivity index is 2.30. The highest BCUT2D eigenvalue weighted by Gasteiger charge is 2.52. The molecule has 2 fully saturated rings. The van der Waals surface area contributed by atoms with Gasteiger partial charge in [-0.15, -0.1) is 0 Å². The van der Waals surface area contributed by atoms with Crippen molar-refractivity contribution >= 4 is 11.6 Å². The van der Waals surface area contributed by atoms with Crippen LogP contribution in [0.3, 0.4) is 0 Å². The molecule has 0 aromatic carbocycles. The van der Waals surface area contributed by atoms with E-state index in [9.17, 15) is 9.59 Å². The van der Waals surface area contributed by atoms with Crippen LogP contribution in [0.1, 0.15) is 53.4 Å². The fourth-order valence-electron chi connectivity index (χ4n) is 3.81. The molecule has 2 saturated carbocycles. The second-order valence-corrected chi connectivity index (χ2v) is 6.69. The van der Waals surface area contributed by atoms with E-state index in [0.717, 1.165) is 12.8 Å². The molecule has 0 spiro atoms. The number of fused-ring (bicyclic) bond motifs is 1. The normalized spacial score (nSPS) is 42.8. The zero-order valence-electron chi connectivity index (χ0n) is 11.5. The molecule has 2 heteroatoms. The van der Waals surface area contributed by atoms with Crippen LogP contribution in [0, 0.1) is 29.1 Å². The Morgan fingerprint density at radius 1 is 1.24 bits per heavy atom. The van der Waals surface area contributed by atoms with Crippen molar-refractivity contribution in [3.63, 3.8) is 0 Å². The summed E-state index contributed by atoms with van der Waals surface area (Å²) in [4.78, 5) is 24.2. The van der Waals surface area contributed by atoms with Gasteiger partial charge in [0.2, 0.25) is 0 Å². The number of carbonyl (C=O) groups excluding carboxylic acids is 2. The van der Waals surface area contributed by atoms with E-state index in [-0.39, 0.29) is 17.3 Å². The van der Waals surface area contributed by atoms with Gasteiger partial charge >= 0.3 is 0 Å². The highest BCUT2D eigenvalue weighted by Crippen LogP contribution is 2.53. The summed E-state index contributed by atoms with van der Waals surface area (Å²) in [6.07, 6.45) is 3.11. The minimum atomic E-state index is 0.00810. The molecule has 0 bridgehead atoms. The highest BCUT2D eigenvalue weighted by molar-refractivity contribution is 5.91. The fraction of sp³-hybridized carbons (Fsp3) is 0.867. The first-order valence-electron chi connectivity index (χ1n) is 6.91. The Bertz CT molecular complexity index is 345. The molecule has 0 aliphatic heterocycles. The van der Waals surface area contributed by atoms with Crippen LogP contribution in [0.2, 0.25) is 0 Å². The standard InChI is InChI=1S/C15H24O2/c1-9(2)11-8-15(4)10(3)5-6-13(16)12(15)7-14(11)17/h9-12H,5-8H2,1-4H3. The largest absolute Gasteiger partial charge is 0.299 e. The van der Waals surface area contributed by atoms with Gasteiger partial charge in [-0.3, -0.25) is 9.59 Å². The van der Waals surface area contributed by atoms with E-state index in [4.69, 9.17) is 0 Å². The molecule has 2 nitrogen and oxygen atoms in total. The molecule has 0 aromatic heterocycles. The van der Waals surface area contributed by atoms with Crippen LogP contribution in [-0.2, 0) is 9.59 Å². The minimum Gasteiger partial charge on any atom is -0.299 e. The Hall–Kier alpha value is -0.660. The summed E-state index contributed by atoms with van der Waals surface area (Å²) in [6, 6.07) is 0. The lowest BCUT2D eigenvalue weighted by Gasteiger charge is -2.50. The number of ketones is 2. The predicted octanol–water partition coefficient (Wildman–Crippen LogP) is 3.24. The first-order chi connectivity index (χ1) is 7.86. The van der Waals surface area contributed by atoms with Crippen molar-refractivity contribution in [2.24, 2.45) is 29.1 Å². The number of Topliss-reactive ketones (excluding diaryl/α,β-unsaturated/α-hetero) is 2. The van der Waals surface area contributed by atoms with Crippen LogP contribution in [0.15, 0.2) is 0 Å². The third-order valence-corrected chi connectivity index (χ3v) is 5.42. The summed E-state index contributed by atoms with van der Waals surface area (Å²) in [7, 11) is 0. The van der Waals surface area contributed by atoms with Gasteiger partial charge in [0.05, 0.1) is 0 Å². The predicted molar refractivity (Wildman–Crippen MR) is 67.6 cm³/mol. The van der Waals surface area contributed by atoms with Gasteiger partial charge in [-0.05, 0) is 30.1 Å². The first-order valence-corrected chi connectivity index (χ1v) is 6.91. The quantitative estimate of drug-likeness (QED) is 0.700. The van der Waals surface area contributed by atoms with Crippen molar-refractivity contribution in [2.75, 3.05) is 0 Å². The monoisotopic (exact) mass is 236 g/mol. The van der Waals surface area contributed by atoms with Crippen LogP contribution in [0.5, 0.6) is 0 Å². The molecule has 96 valence electrons. The molecule has 0 heterocycles. The van der Waals surface area contributed by atoms with Gasteiger partial charge in [0.25, 0.3) is 0 Å². The SMILES string of the molecule is CC(C)C1CC2(C)C(C)CCC(=O)C2CC1=O. The van der Waals surface area contributed by atoms with E-state index in [1.54, 1.807) is 0 Å². The molecule has 2 rings (SSSR count). The van der Waals surface area contributed by atoms with E-state index in [0.29, 0.717) is 36.2 Å². The van der Waals surface area contributed by atoms with E-state index in [2.05, 4.69) is 27.7 Å². The zero-order chi connectivity index (χ0) is 12.8. The molecule has 4 unspecified atom stereocenters. The van der Waals surface area contributed by atoms with E-state index < -0.39 is 0 Å². The van der Waals surface area contributed by atoms with Gasteiger partial charge in [-0.1, -0.05) is 27.7 Å². The van der Waals surface area contributed by atoms with Crippen molar-refractivity contribution in [3.8, 4) is 0 Å². The van der Waals surface area contributed by atoms with Gasteiger partial charge in [0, 0.05) is 24.7 Å². The Kier molecular flexibility index (Phi) is 3.17. The van der Waals surface area contributed by atoms with Crippen molar-refractivity contribution in [2.45, 2.75) is 53.4 Å². The third-order valence-electron chi connectivity index (χ3n) is 5.42. The number of carbonyl (C=O) groups is 2. The molecular formula is C15H24O2. The summed E-state index contributed by atoms with van der Waals surface area (Å²) in [5.74, 6) is 1.81. The average Bonchev–Trinajstić information content (AvgIpc) is 2.26. The smallest absolute Gasteiger partial charge is 0.136 e. The Labute approximate surface area is 104 Å². The van der Waals surface area contributed by atoms with Crippen LogP contribution in [0.25, 0.3) is 0 Å². The summed E-state index contributed by atoms with van der Waals surface area (Å²) < 4.78 is 0. The topological polar surface area (TPSA) is 34.1 Å². The molecule has 4 atom stereocenters. The maximum Gasteiger partial charge on any atom is 0.136 e. The minimum absolute atomic E-state index is 0.00810. The maximum atomic E-state index is 12.1. The number of hydrogen-bond donors (Lipinski definition) is 0. The van der Waals surface area contributed by atoms with E-state index in [1.165, 1.54) is 0 Å². The number of rotatable bonds is 1. The fourth-order valence-corrected chi connectivity index (χ4v) is 3.81. The average molecular weight is 236 g/mol. The van der Waals surface area contributed by atoms with Crippen molar-refractivity contribution in [1.82, 2.24) is 0 Å². The summed E-state index contributed by atoms with van der Waals surface area (Å²) in [5.41, 5.74) is 0.0676. The molecule has 2 aliphatic carbocycles. The van der Waals surface area contributed by atoms with E-state index >= 15 is 0 Å². The summed E-state index contributed by atoms with van der Waals surface area (Å²) in [5, 5.41) is 0. The lowest BCUT2D eigenvalue weighted by Crippen LogP contribution is -2.50. The maximum absolute atomic E-state index is 12.1. The molecule has 2 aliphatic rings. The summed E-state index contributed by atoms with van der Waals surface area (Å²) in [6.45, 7) is 8.75. The number of hydrogen-bond acceptors (Lipinski definition) is 2. The molecule has 0 saturated heterocycles. The van der Waals surface area contributed by atoms with Crippen molar-refractivity contribution < 1.29 is 9.59 Å². The van der Waals surface area contributed by atoms with Crippen LogP contribution in [0.4, 0.5) is 0 Å². The highest BCUT2D eigenvalue weighted by atomic mass is 16.1. The lowest BCUT2D eigenvalue weighted by molar-refractivity contribution is -0.148. The third kappa shape index (κ3) is 1.96. The van der Waals surface area contributed by atoms with Crippen molar-refractivity contribution in [1.29, 1.82) is 0 Å². The first kappa shape index (κ1) is 12.8. The Morgan fingerprint density at radius 3 is 2.47 bits per heavy atom. The van der Waals surface area contributed by atoms with Gasteiger partial charge < -0.3 is 0 Å². The molecule has 0 aromatic rings. The summed E-state index contributed by atoms with van der Waals surface area (Å²) >= 11 is 0. The molecule has 17 heavy (non-hydrogen) atoms. The Morgan fingerprint density at radius 2 is 1.88 bits per heavy atom. The molecule has 0 amide bonds. The van der Waals surface area contributed by atoms with Crippen molar-refractivity contribution in [3.05, 3.63) is 0 Å². The molecule has 0 N–H and O–H groups in total.